The molecular formula is C16H21Cl2N3. The molecule has 0 fully saturated rings. The fourth-order valence-corrected chi connectivity index (χ4v) is 2.99. The second-order valence-corrected chi connectivity index (χ2v) is 6.25. The quantitative estimate of drug-likeness (QED) is 0.908. The highest BCUT2D eigenvalue weighted by Gasteiger charge is 2.16. The van der Waals surface area contributed by atoms with Crippen molar-refractivity contribution in [1.82, 2.24) is 15.1 Å². The summed E-state index contributed by atoms with van der Waals surface area (Å²) in [6.45, 7) is 4.16. The van der Waals surface area contributed by atoms with E-state index in [2.05, 4.69) is 24.3 Å². The van der Waals surface area contributed by atoms with Crippen molar-refractivity contribution in [3.8, 4) is 0 Å². The minimum absolute atomic E-state index is 0.294. The zero-order valence-corrected chi connectivity index (χ0v) is 14.4. The van der Waals surface area contributed by atoms with Gasteiger partial charge < -0.3 is 5.32 Å². The summed E-state index contributed by atoms with van der Waals surface area (Å²) in [5.74, 6) is 0. The summed E-state index contributed by atoms with van der Waals surface area (Å²) in [4.78, 5) is 0. The Balaban J connectivity index is 2.19. The number of benzene rings is 1. The van der Waals surface area contributed by atoms with Gasteiger partial charge in [0.15, 0.2) is 0 Å². The third-order valence-electron chi connectivity index (χ3n) is 3.99. The molecule has 114 valence electrons. The van der Waals surface area contributed by atoms with Crippen molar-refractivity contribution in [1.29, 1.82) is 0 Å². The minimum Gasteiger partial charge on any atom is -0.316 e. The standard InChI is InChI=1S/C16H21Cl2N3/c1-10-15(11(2)21(4)20-10)9-14(19-3)8-12-7-13(17)5-6-16(12)18/h5-7,14,19H,8-9H2,1-4H3. The van der Waals surface area contributed by atoms with Gasteiger partial charge in [-0.3, -0.25) is 4.68 Å². The van der Waals surface area contributed by atoms with E-state index in [1.807, 2.05) is 37.0 Å². The van der Waals surface area contributed by atoms with Crippen LogP contribution in [-0.4, -0.2) is 22.9 Å². The molecule has 0 saturated heterocycles. The van der Waals surface area contributed by atoms with Crippen LogP contribution >= 0.6 is 23.2 Å². The summed E-state index contributed by atoms with van der Waals surface area (Å²) < 4.78 is 1.93. The number of rotatable bonds is 5. The van der Waals surface area contributed by atoms with Crippen molar-refractivity contribution in [3.63, 3.8) is 0 Å². The lowest BCUT2D eigenvalue weighted by atomic mass is 9.98. The van der Waals surface area contributed by atoms with Gasteiger partial charge in [-0.1, -0.05) is 23.2 Å². The first kappa shape index (κ1) is 16.3. The predicted molar refractivity (Wildman–Crippen MR) is 89.4 cm³/mol. The Bertz CT molecular complexity index is 635. The lowest BCUT2D eigenvalue weighted by Gasteiger charge is -2.17. The molecule has 3 nitrogen and oxygen atoms in total. The van der Waals surface area contributed by atoms with Gasteiger partial charge in [0.25, 0.3) is 0 Å². The first-order chi connectivity index (χ1) is 9.92. The molecule has 1 heterocycles. The summed E-state index contributed by atoms with van der Waals surface area (Å²) >= 11 is 12.3. The van der Waals surface area contributed by atoms with E-state index >= 15 is 0 Å². The van der Waals surface area contributed by atoms with Gasteiger partial charge in [0.1, 0.15) is 0 Å². The van der Waals surface area contributed by atoms with Crippen LogP contribution in [0.15, 0.2) is 18.2 Å². The summed E-state index contributed by atoms with van der Waals surface area (Å²) in [6.07, 6.45) is 1.76. The third-order valence-corrected chi connectivity index (χ3v) is 4.60. The Labute approximate surface area is 136 Å². The maximum absolute atomic E-state index is 6.26. The van der Waals surface area contributed by atoms with E-state index in [4.69, 9.17) is 23.2 Å². The molecule has 1 aromatic carbocycles. The SMILES string of the molecule is CNC(Cc1cc(Cl)ccc1Cl)Cc1c(C)nn(C)c1C. The second-order valence-electron chi connectivity index (χ2n) is 5.40. The van der Waals surface area contributed by atoms with Crippen LogP contribution in [0.3, 0.4) is 0 Å². The number of likely N-dealkylation sites (N-methyl/N-ethyl adjacent to an activating group) is 1. The van der Waals surface area contributed by atoms with Gasteiger partial charge in [0, 0.05) is 28.8 Å². The minimum atomic E-state index is 0.294. The van der Waals surface area contributed by atoms with Gasteiger partial charge in [-0.05, 0) is 63.1 Å². The Kier molecular flexibility index (Phi) is 5.31. The molecule has 21 heavy (non-hydrogen) atoms. The Morgan fingerprint density at radius 2 is 1.95 bits per heavy atom. The van der Waals surface area contributed by atoms with Crippen LogP contribution < -0.4 is 5.32 Å². The highest BCUT2D eigenvalue weighted by atomic mass is 35.5. The zero-order chi connectivity index (χ0) is 15.6. The van der Waals surface area contributed by atoms with Gasteiger partial charge in [-0.25, -0.2) is 0 Å². The maximum Gasteiger partial charge on any atom is 0.0628 e. The van der Waals surface area contributed by atoms with E-state index in [1.54, 1.807) is 0 Å². The number of hydrogen-bond donors (Lipinski definition) is 1. The molecule has 0 aliphatic heterocycles. The van der Waals surface area contributed by atoms with Gasteiger partial charge in [0.2, 0.25) is 0 Å². The van der Waals surface area contributed by atoms with E-state index < -0.39 is 0 Å². The molecule has 1 unspecified atom stereocenters. The van der Waals surface area contributed by atoms with Crippen molar-refractivity contribution >= 4 is 23.2 Å². The van der Waals surface area contributed by atoms with Gasteiger partial charge >= 0.3 is 0 Å². The van der Waals surface area contributed by atoms with Crippen molar-refractivity contribution in [2.24, 2.45) is 7.05 Å². The number of nitrogens with zero attached hydrogens (tertiary/aromatic N) is 2. The van der Waals surface area contributed by atoms with Crippen molar-refractivity contribution in [2.45, 2.75) is 32.7 Å². The summed E-state index contributed by atoms with van der Waals surface area (Å²) in [6, 6.07) is 5.91. The highest BCUT2D eigenvalue weighted by Crippen LogP contribution is 2.23. The fraction of sp³-hybridized carbons (Fsp3) is 0.438. The van der Waals surface area contributed by atoms with Crippen LogP contribution in [-0.2, 0) is 19.9 Å². The molecular weight excluding hydrogens is 305 g/mol. The van der Waals surface area contributed by atoms with E-state index in [1.165, 1.54) is 11.3 Å². The van der Waals surface area contributed by atoms with Crippen LogP contribution in [0.2, 0.25) is 10.0 Å². The molecule has 5 heteroatoms. The first-order valence-corrected chi connectivity index (χ1v) is 7.78. The highest BCUT2D eigenvalue weighted by molar-refractivity contribution is 6.33. The van der Waals surface area contributed by atoms with Crippen LogP contribution in [0.25, 0.3) is 0 Å². The van der Waals surface area contributed by atoms with E-state index in [9.17, 15) is 0 Å². The lowest BCUT2D eigenvalue weighted by Crippen LogP contribution is -2.30. The van der Waals surface area contributed by atoms with E-state index in [0.29, 0.717) is 6.04 Å². The Morgan fingerprint density at radius 1 is 1.24 bits per heavy atom. The molecule has 1 atom stereocenters. The van der Waals surface area contributed by atoms with Gasteiger partial charge in [-0.2, -0.15) is 5.10 Å². The molecule has 2 aromatic rings. The lowest BCUT2D eigenvalue weighted by molar-refractivity contribution is 0.554. The summed E-state index contributed by atoms with van der Waals surface area (Å²) in [7, 11) is 3.96. The van der Waals surface area contributed by atoms with E-state index in [-0.39, 0.29) is 0 Å². The summed E-state index contributed by atoms with van der Waals surface area (Å²) in [5, 5.41) is 9.33. The molecule has 1 N–H and O–H groups in total. The third kappa shape index (κ3) is 3.79. The van der Waals surface area contributed by atoms with Crippen molar-refractivity contribution < 1.29 is 0 Å². The second kappa shape index (κ2) is 6.82. The van der Waals surface area contributed by atoms with Crippen LogP contribution in [0.4, 0.5) is 0 Å². The van der Waals surface area contributed by atoms with Gasteiger partial charge in [0.05, 0.1) is 5.69 Å². The Hall–Kier alpha value is -1.03. The first-order valence-electron chi connectivity index (χ1n) is 7.02. The molecule has 2 rings (SSSR count). The number of aromatic nitrogens is 2. The van der Waals surface area contributed by atoms with Crippen LogP contribution in [0.5, 0.6) is 0 Å². The molecule has 1 aromatic heterocycles. The number of aryl methyl sites for hydroxylation is 2. The maximum atomic E-state index is 6.26. The van der Waals surface area contributed by atoms with Crippen LogP contribution in [0.1, 0.15) is 22.5 Å². The van der Waals surface area contributed by atoms with Crippen molar-refractivity contribution in [2.75, 3.05) is 7.05 Å². The largest absolute Gasteiger partial charge is 0.316 e. The smallest absolute Gasteiger partial charge is 0.0628 e. The molecule has 0 bridgehead atoms. The molecule has 0 saturated carbocycles. The molecule has 0 aliphatic rings. The predicted octanol–water partition coefficient (Wildman–Crippen LogP) is 3.72. The fourth-order valence-electron chi connectivity index (χ4n) is 2.60. The summed E-state index contributed by atoms with van der Waals surface area (Å²) in [5.41, 5.74) is 4.68. The number of nitrogens with one attached hydrogen (secondary N) is 1. The number of halogens is 2. The monoisotopic (exact) mass is 325 g/mol. The topological polar surface area (TPSA) is 29.9 Å². The average molecular weight is 326 g/mol. The number of hydrogen-bond acceptors (Lipinski definition) is 2. The van der Waals surface area contributed by atoms with Crippen molar-refractivity contribution in [3.05, 3.63) is 50.8 Å². The molecule has 0 aliphatic carbocycles. The van der Waals surface area contributed by atoms with Gasteiger partial charge in [-0.15, -0.1) is 0 Å². The Morgan fingerprint density at radius 3 is 2.52 bits per heavy atom. The van der Waals surface area contributed by atoms with Crippen LogP contribution in [0, 0.1) is 13.8 Å². The zero-order valence-electron chi connectivity index (χ0n) is 12.9. The van der Waals surface area contributed by atoms with E-state index in [0.717, 1.165) is 34.1 Å². The average Bonchev–Trinajstić information content (AvgIpc) is 2.68. The normalized spacial score (nSPS) is 12.7. The molecule has 0 radical (unpaired) electrons. The molecule has 0 spiro atoms. The molecule has 0 amide bonds.